The van der Waals surface area contributed by atoms with Gasteiger partial charge in [0.25, 0.3) is 0 Å². The van der Waals surface area contributed by atoms with Crippen molar-refractivity contribution in [3.63, 3.8) is 0 Å². The number of hydrogen-bond acceptors (Lipinski definition) is 5. The molecule has 2 aliphatic heterocycles. The maximum atomic E-state index is 11.8. The summed E-state index contributed by atoms with van der Waals surface area (Å²) in [5.41, 5.74) is 0. The molecule has 2 rings (SSSR count). The first-order valence-electron chi connectivity index (χ1n) is 9.19. The molecule has 0 aromatic rings. The predicted octanol–water partition coefficient (Wildman–Crippen LogP) is 0.779. The Morgan fingerprint density at radius 3 is 2.81 bits per heavy atom. The molecule has 2 N–H and O–H groups in total. The number of guanidine groups is 1. The summed E-state index contributed by atoms with van der Waals surface area (Å²) in [6, 6.07) is -0.0313. The Bertz CT molecular complexity index is 526. The van der Waals surface area contributed by atoms with Gasteiger partial charge in [-0.1, -0.05) is 0 Å². The molecule has 10 heteroatoms. The van der Waals surface area contributed by atoms with Crippen molar-refractivity contribution in [3.05, 3.63) is 0 Å². The number of rotatable bonds is 9. The molecule has 0 spiro atoms. The van der Waals surface area contributed by atoms with Crippen LogP contribution in [0.3, 0.4) is 0 Å². The lowest BCUT2D eigenvalue weighted by molar-refractivity contribution is 0.0420. The molecule has 2 aliphatic rings. The van der Waals surface area contributed by atoms with Crippen molar-refractivity contribution in [3.8, 4) is 0 Å². The van der Waals surface area contributed by atoms with E-state index in [2.05, 4.69) is 15.6 Å². The minimum Gasteiger partial charge on any atom is -0.379 e. The van der Waals surface area contributed by atoms with Crippen molar-refractivity contribution in [1.29, 1.82) is 0 Å². The van der Waals surface area contributed by atoms with Gasteiger partial charge in [0.2, 0.25) is 10.0 Å². The smallest absolute Gasteiger partial charge is 0.211 e. The Hall–Kier alpha value is -0.170. The van der Waals surface area contributed by atoms with Gasteiger partial charge in [0.1, 0.15) is 0 Å². The second kappa shape index (κ2) is 12.3. The van der Waals surface area contributed by atoms with Crippen LogP contribution in [-0.4, -0.2) is 83.1 Å². The molecule has 2 fully saturated rings. The van der Waals surface area contributed by atoms with Crippen LogP contribution in [0.15, 0.2) is 4.99 Å². The van der Waals surface area contributed by atoms with Gasteiger partial charge in [-0.05, 0) is 32.6 Å². The summed E-state index contributed by atoms with van der Waals surface area (Å²) in [4.78, 5) is 4.56. The lowest BCUT2D eigenvalue weighted by Gasteiger charge is -2.21. The highest BCUT2D eigenvalue weighted by atomic mass is 127. The van der Waals surface area contributed by atoms with E-state index in [9.17, 15) is 8.42 Å². The molecule has 26 heavy (non-hydrogen) atoms. The van der Waals surface area contributed by atoms with Crippen LogP contribution in [0.4, 0.5) is 0 Å². The molecule has 2 heterocycles. The topological polar surface area (TPSA) is 92.3 Å². The van der Waals surface area contributed by atoms with E-state index in [0.29, 0.717) is 26.3 Å². The highest BCUT2D eigenvalue weighted by Crippen LogP contribution is 2.20. The molecule has 0 saturated carbocycles. The Morgan fingerprint density at radius 2 is 2.15 bits per heavy atom. The molecular weight excluding hydrogens is 471 g/mol. The minimum atomic E-state index is -3.15. The first-order valence-corrected chi connectivity index (χ1v) is 11.0. The highest BCUT2D eigenvalue weighted by molar-refractivity contribution is 14.0. The largest absolute Gasteiger partial charge is 0.379 e. The van der Waals surface area contributed by atoms with Gasteiger partial charge in [-0.3, -0.25) is 4.99 Å². The van der Waals surface area contributed by atoms with E-state index in [1.54, 1.807) is 4.31 Å². The Balaban J connectivity index is 0.00000338. The third-order valence-corrected chi connectivity index (χ3v) is 5.74. The number of nitrogens with one attached hydrogen (secondary N) is 2. The third kappa shape index (κ3) is 8.24. The first kappa shape index (κ1) is 23.9. The molecule has 2 saturated heterocycles. The number of sulfonamides is 1. The van der Waals surface area contributed by atoms with Gasteiger partial charge in [-0.25, -0.2) is 8.42 Å². The van der Waals surface area contributed by atoms with E-state index in [4.69, 9.17) is 9.47 Å². The zero-order valence-corrected chi connectivity index (χ0v) is 18.9. The van der Waals surface area contributed by atoms with Crippen molar-refractivity contribution >= 4 is 40.0 Å². The molecule has 1 unspecified atom stereocenters. The minimum absolute atomic E-state index is 0. The van der Waals surface area contributed by atoms with Crippen molar-refractivity contribution in [2.45, 2.75) is 44.8 Å². The molecule has 0 bridgehead atoms. The van der Waals surface area contributed by atoms with Crippen molar-refractivity contribution in [2.75, 3.05) is 52.3 Å². The second-order valence-electron chi connectivity index (χ2n) is 6.53. The fourth-order valence-corrected chi connectivity index (χ4v) is 4.31. The molecule has 0 aliphatic carbocycles. The fraction of sp³-hybridized carbons (Fsp3) is 0.938. The maximum Gasteiger partial charge on any atom is 0.211 e. The molecule has 0 amide bonds. The second-order valence-corrected chi connectivity index (χ2v) is 8.46. The number of ether oxygens (including phenoxy) is 2. The zero-order valence-electron chi connectivity index (χ0n) is 15.8. The van der Waals surface area contributed by atoms with Gasteiger partial charge in [-0.15, -0.1) is 24.0 Å². The van der Waals surface area contributed by atoms with Crippen LogP contribution < -0.4 is 10.6 Å². The maximum absolute atomic E-state index is 11.8. The van der Waals surface area contributed by atoms with Gasteiger partial charge < -0.3 is 20.1 Å². The van der Waals surface area contributed by atoms with Gasteiger partial charge >= 0.3 is 0 Å². The molecule has 0 aromatic heterocycles. The Kier molecular flexibility index (Phi) is 11.3. The van der Waals surface area contributed by atoms with Crippen LogP contribution in [-0.2, 0) is 19.5 Å². The van der Waals surface area contributed by atoms with Crippen LogP contribution in [0.5, 0.6) is 0 Å². The van der Waals surface area contributed by atoms with Crippen LogP contribution in [0.25, 0.3) is 0 Å². The molecule has 154 valence electrons. The van der Waals surface area contributed by atoms with E-state index in [0.717, 1.165) is 51.3 Å². The van der Waals surface area contributed by atoms with Gasteiger partial charge in [-0.2, -0.15) is 4.31 Å². The number of aliphatic imine (C=N–C) groups is 1. The van der Waals surface area contributed by atoms with E-state index >= 15 is 0 Å². The first-order chi connectivity index (χ1) is 12.0. The van der Waals surface area contributed by atoms with Crippen LogP contribution in [0.1, 0.15) is 32.6 Å². The van der Waals surface area contributed by atoms with Crippen molar-refractivity contribution in [1.82, 2.24) is 14.9 Å². The highest BCUT2D eigenvalue weighted by Gasteiger charge is 2.31. The van der Waals surface area contributed by atoms with E-state index in [1.807, 2.05) is 6.92 Å². The Labute approximate surface area is 174 Å². The van der Waals surface area contributed by atoms with Crippen LogP contribution in [0, 0.1) is 0 Å². The molecule has 0 aromatic carbocycles. The molecular formula is C16H33IN4O4S. The fourth-order valence-electron chi connectivity index (χ4n) is 3.14. The average Bonchev–Trinajstić information content (AvgIpc) is 3.23. The summed E-state index contributed by atoms with van der Waals surface area (Å²) in [5.74, 6) is 0.729. The average molecular weight is 504 g/mol. The van der Waals surface area contributed by atoms with E-state index < -0.39 is 10.0 Å². The Morgan fingerprint density at radius 1 is 1.35 bits per heavy atom. The number of hydrogen-bond donors (Lipinski definition) is 2. The van der Waals surface area contributed by atoms with Gasteiger partial charge in [0, 0.05) is 38.9 Å². The van der Waals surface area contributed by atoms with Gasteiger partial charge in [0.15, 0.2) is 5.96 Å². The number of nitrogens with zero attached hydrogens (tertiary/aromatic N) is 2. The molecule has 8 nitrogen and oxygen atoms in total. The quantitative estimate of drug-likeness (QED) is 0.209. The van der Waals surface area contributed by atoms with Crippen LogP contribution in [0.2, 0.25) is 0 Å². The summed E-state index contributed by atoms with van der Waals surface area (Å²) in [5, 5.41) is 6.49. The standard InChI is InChI=1S/C16H32N4O4S.HI/c1-3-17-16(18-8-5-10-24-15-7-11-23-13-15)19-12-14-6-4-9-20(14)25(2,21)22;/h14-15H,3-13H2,1-2H3,(H2,17,18,19);1H/t14-,15?;/m1./s1. The lowest BCUT2D eigenvalue weighted by Crippen LogP contribution is -2.41. The van der Waals surface area contributed by atoms with E-state index in [1.165, 1.54) is 6.26 Å². The van der Waals surface area contributed by atoms with E-state index in [-0.39, 0.29) is 36.1 Å². The third-order valence-electron chi connectivity index (χ3n) is 4.41. The SMILES string of the molecule is CCNC(=NC[C@H]1CCCN1S(C)(=O)=O)NCCCOC1CCOC1.I. The summed E-state index contributed by atoms with van der Waals surface area (Å²) < 4.78 is 36.2. The summed E-state index contributed by atoms with van der Waals surface area (Å²) in [6.07, 6.45) is 5.15. The summed E-state index contributed by atoms with van der Waals surface area (Å²) in [7, 11) is -3.15. The monoisotopic (exact) mass is 504 g/mol. The van der Waals surface area contributed by atoms with Crippen molar-refractivity contribution in [2.24, 2.45) is 4.99 Å². The van der Waals surface area contributed by atoms with Crippen LogP contribution >= 0.6 is 24.0 Å². The predicted molar refractivity (Wildman–Crippen MR) is 114 cm³/mol. The summed E-state index contributed by atoms with van der Waals surface area (Å²) >= 11 is 0. The van der Waals surface area contributed by atoms with Crippen molar-refractivity contribution < 1.29 is 17.9 Å². The summed E-state index contributed by atoms with van der Waals surface area (Å²) in [6.45, 7) is 6.83. The number of halogens is 1. The van der Waals surface area contributed by atoms with Gasteiger partial charge in [0.05, 0.1) is 25.5 Å². The lowest BCUT2D eigenvalue weighted by atomic mass is 10.2. The molecule has 2 atom stereocenters. The normalized spacial score (nSPS) is 24.5. The molecule has 0 radical (unpaired) electrons. The zero-order chi connectivity index (χ0) is 18.1.